The van der Waals surface area contributed by atoms with Crippen LogP contribution in [0.4, 0.5) is 11.4 Å². The number of aryl methyl sites for hydroxylation is 1. The first-order valence-electron chi connectivity index (χ1n) is 8.67. The number of rotatable bonds is 7. The summed E-state index contributed by atoms with van der Waals surface area (Å²) in [5.41, 5.74) is 2.95. The lowest BCUT2D eigenvalue weighted by molar-refractivity contribution is -0.385. The zero-order chi connectivity index (χ0) is 20.1. The quantitative estimate of drug-likeness (QED) is 0.599. The van der Waals surface area contributed by atoms with Gasteiger partial charge in [-0.25, -0.2) is 0 Å². The van der Waals surface area contributed by atoms with E-state index in [0.29, 0.717) is 12.1 Å². The van der Waals surface area contributed by atoms with E-state index in [-0.39, 0.29) is 23.2 Å². The van der Waals surface area contributed by atoms with Crippen LogP contribution in [-0.4, -0.2) is 50.5 Å². The van der Waals surface area contributed by atoms with E-state index in [4.69, 9.17) is 0 Å². The van der Waals surface area contributed by atoms with Gasteiger partial charge in [-0.2, -0.15) is 0 Å². The van der Waals surface area contributed by atoms with Gasteiger partial charge in [-0.05, 0) is 44.8 Å². The summed E-state index contributed by atoms with van der Waals surface area (Å²) in [6, 6.07) is 12.7. The standard InChI is InChI=1S/C20H26N4O3/c1-14-6-7-16(12-18(14)24(26)27)20(25)21-13-19(23(4)5)15-8-10-17(11-9-15)22(2)3/h6-12,19H,13H2,1-5H3,(H,21,25)/t19-/m0/s1. The number of nitrogens with zero attached hydrogens (tertiary/aromatic N) is 3. The van der Waals surface area contributed by atoms with Crippen LogP contribution in [0.2, 0.25) is 0 Å². The minimum Gasteiger partial charge on any atom is -0.378 e. The molecule has 0 aromatic heterocycles. The zero-order valence-electron chi connectivity index (χ0n) is 16.4. The predicted octanol–water partition coefficient (Wildman–Crippen LogP) is 3.00. The Balaban J connectivity index is 2.13. The number of nitro benzene ring substituents is 1. The first-order chi connectivity index (χ1) is 12.7. The van der Waals surface area contributed by atoms with Gasteiger partial charge in [-0.1, -0.05) is 18.2 Å². The van der Waals surface area contributed by atoms with Gasteiger partial charge in [0.15, 0.2) is 0 Å². The molecular formula is C20H26N4O3. The SMILES string of the molecule is Cc1ccc(C(=O)NC[C@@H](c2ccc(N(C)C)cc2)N(C)C)cc1[N+](=O)[O-]. The molecule has 0 aliphatic rings. The van der Waals surface area contributed by atoms with Crippen LogP contribution < -0.4 is 10.2 Å². The second-order valence-electron chi connectivity index (χ2n) is 6.93. The number of hydrogen-bond acceptors (Lipinski definition) is 5. The minimum absolute atomic E-state index is 0.00871. The Morgan fingerprint density at radius 1 is 1.11 bits per heavy atom. The second-order valence-corrected chi connectivity index (χ2v) is 6.93. The fourth-order valence-electron chi connectivity index (χ4n) is 2.83. The summed E-state index contributed by atoms with van der Waals surface area (Å²) in [5, 5.41) is 14.0. The van der Waals surface area contributed by atoms with E-state index in [9.17, 15) is 14.9 Å². The van der Waals surface area contributed by atoms with E-state index >= 15 is 0 Å². The third-order valence-corrected chi connectivity index (χ3v) is 4.54. The molecule has 27 heavy (non-hydrogen) atoms. The molecular weight excluding hydrogens is 344 g/mol. The number of amides is 1. The van der Waals surface area contributed by atoms with Crippen LogP contribution in [0.1, 0.15) is 27.5 Å². The smallest absolute Gasteiger partial charge is 0.273 e. The summed E-state index contributed by atoms with van der Waals surface area (Å²) in [5.74, 6) is -0.324. The van der Waals surface area contributed by atoms with Crippen LogP contribution >= 0.6 is 0 Å². The number of benzene rings is 2. The van der Waals surface area contributed by atoms with Crippen molar-refractivity contribution < 1.29 is 9.72 Å². The molecule has 0 unspecified atom stereocenters. The van der Waals surface area contributed by atoms with Crippen molar-refractivity contribution in [3.05, 3.63) is 69.3 Å². The fourth-order valence-corrected chi connectivity index (χ4v) is 2.83. The van der Waals surface area contributed by atoms with Crippen molar-refractivity contribution in [2.75, 3.05) is 39.6 Å². The van der Waals surface area contributed by atoms with E-state index < -0.39 is 4.92 Å². The molecule has 2 aromatic carbocycles. The lowest BCUT2D eigenvalue weighted by Gasteiger charge is -2.26. The lowest BCUT2D eigenvalue weighted by Crippen LogP contribution is -2.34. The van der Waals surface area contributed by atoms with Gasteiger partial charge in [-0.15, -0.1) is 0 Å². The molecule has 2 aromatic rings. The number of carbonyl (C=O) groups excluding carboxylic acids is 1. The van der Waals surface area contributed by atoms with Gasteiger partial charge in [0, 0.05) is 43.5 Å². The van der Waals surface area contributed by atoms with Crippen molar-refractivity contribution in [1.29, 1.82) is 0 Å². The molecule has 7 nitrogen and oxygen atoms in total. The van der Waals surface area contributed by atoms with Crippen molar-refractivity contribution in [3.63, 3.8) is 0 Å². The van der Waals surface area contributed by atoms with Gasteiger partial charge in [0.2, 0.25) is 0 Å². The average Bonchev–Trinajstić information content (AvgIpc) is 2.62. The number of likely N-dealkylation sites (N-methyl/N-ethyl adjacent to an activating group) is 1. The van der Waals surface area contributed by atoms with Crippen molar-refractivity contribution in [2.24, 2.45) is 0 Å². The maximum Gasteiger partial charge on any atom is 0.273 e. The largest absolute Gasteiger partial charge is 0.378 e. The molecule has 0 saturated carbocycles. The predicted molar refractivity (Wildman–Crippen MR) is 107 cm³/mol. The van der Waals surface area contributed by atoms with Gasteiger partial charge in [0.25, 0.3) is 11.6 Å². The van der Waals surface area contributed by atoms with Crippen LogP contribution in [-0.2, 0) is 0 Å². The maximum absolute atomic E-state index is 12.5. The Morgan fingerprint density at radius 2 is 1.74 bits per heavy atom. The van der Waals surface area contributed by atoms with Gasteiger partial charge in [-0.3, -0.25) is 14.9 Å². The number of nitrogens with one attached hydrogen (secondary N) is 1. The normalized spacial score (nSPS) is 11.9. The van der Waals surface area contributed by atoms with E-state index in [0.717, 1.165) is 11.3 Å². The summed E-state index contributed by atoms with van der Waals surface area (Å²) >= 11 is 0. The van der Waals surface area contributed by atoms with Crippen LogP contribution in [0, 0.1) is 17.0 Å². The van der Waals surface area contributed by atoms with E-state index in [1.165, 1.54) is 6.07 Å². The molecule has 0 fully saturated rings. The van der Waals surface area contributed by atoms with Gasteiger partial charge in [0.05, 0.1) is 11.0 Å². The van der Waals surface area contributed by atoms with Crippen LogP contribution in [0.3, 0.4) is 0 Å². The summed E-state index contributed by atoms with van der Waals surface area (Å²) in [6.45, 7) is 2.05. The number of hydrogen-bond donors (Lipinski definition) is 1. The molecule has 0 aliphatic carbocycles. The molecule has 0 aliphatic heterocycles. The van der Waals surface area contributed by atoms with E-state index in [2.05, 4.69) is 5.32 Å². The first kappa shape index (κ1) is 20.4. The molecule has 0 radical (unpaired) electrons. The van der Waals surface area contributed by atoms with Crippen molar-refractivity contribution in [2.45, 2.75) is 13.0 Å². The summed E-state index contributed by atoms with van der Waals surface area (Å²) in [7, 11) is 7.87. The van der Waals surface area contributed by atoms with Crippen LogP contribution in [0.15, 0.2) is 42.5 Å². The van der Waals surface area contributed by atoms with Crippen LogP contribution in [0.25, 0.3) is 0 Å². The summed E-state index contributed by atoms with van der Waals surface area (Å²) < 4.78 is 0. The van der Waals surface area contributed by atoms with E-state index in [1.54, 1.807) is 19.1 Å². The molecule has 7 heteroatoms. The topological polar surface area (TPSA) is 78.7 Å². The van der Waals surface area contributed by atoms with Crippen LogP contribution in [0.5, 0.6) is 0 Å². The Labute approximate surface area is 159 Å². The van der Waals surface area contributed by atoms with Gasteiger partial charge in [0.1, 0.15) is 0 Å². The Kier molecular flexibility index (Phi) is 6.52. The highest BCUT2D eigenvalue weighted by Crippen LogP contribution is 2.22. The highest BCUT2D eigenvalue weighted by atomic mass is 16.6. The van der Waals surface area contributed by atoms with Gasteiger partial charge < -0.3 is 15.1 Å². The third-order valence-electron chi connectivity index (χ3n) is 4.54. The number of nitro groups is 1. The van der Waals surface area contributed by atoms with Crippen molar-refractivity contribution in [3.8, 4) is 0 Å². The maximum atomic E-state index is 12.5. The molecule has 0 heterocycles. The molecule has 1 N–H and O–H groups in total. The molecule has 144 valence electrons. The third kappa shape index (κ3) is 5.04. The fraction of sp³-hybridized carbons (Fsp3) is 0.350. The second kappa shape index (κ2) is 8.64. The molecule has 0 saturated heterocycles. The molecule has 1 amide bonds. The summed E-state index contributed by atoms with van der Waals surface area (Å²) in [4.78, 5) is 27.1. The highest BCUT2D eigenvalue weighted by Gasteiger charge is 2.18. The Bertz CT molecular complexity index is 816. The Hall–Kier alpha value is -2.93. The molecule has 0 spiro atoms. The average molecular weight is 370 g/mol. The lowest BCUT2D eigenvalue weighted by atomic mass is 10.0. The summed E-state index contributed by atoms with van der Waals surface area (Å²) in [6.07, 6.45) is 0. The molecule has 1 atom stereocenters. The van der Waals surface area contributed by atoms with Crippen molar-refractivity contribution >= 4 is 17.3 Å². The molecule has 0 bridgehead atoms. The first-order valence-corrected chi connectivity index (χ1v) is 8.67. The van der Waals surface area contributed by atoms with Gasteiger partial charge >= 0.3 is 0 Å². The number of anilines is 1. The van der Waals surface area contributed by atoms with E-state index in [1.807, 2.05) is 62.3 Å². The Morgan fingerprint density at radius 3 is 2.26 bits per heavy atom. The monoisotopic (exact) mass is 370 g/mol. The van der Waals surface area contributed by atoms with Crippen molar-refractivity contribution in [1.82, 2.24) is 10.2 Å². The minimum atomic E-state index is -0.471. The highest BCUT2D eigenvalue weighted by molar-refractivity contribution is 5.95. The zero-order valence-corrected chi connectivity index (χ0v) is 16.4. The molecule has 2 rings (SSSR count). The number of carbonyl (C=O) groups is 1.